The fraction of sp³-hybridized carbons (Fsp3) is 1.00. The lowest BCUT2D eigenvalue weighted by atomic mass is 10.1. The highest BCUT2D eigenvalue weighted by atomic mass is 16.5. The Morgan fingerprint density at radius 3 is 2.36 bits per heavy atom. The van der Waals surface area contributed by atoms with E-state index in [1.807, 2.05) is 0 Å². The number of piperidine rings is 1. The normalized spacial score (nSPS) is 26.5. The Hall–Kier alpha value is -0.120. The molecule has 0 bridgehead atoms. The van der Waals surface area contributed by atoms with Gasteiger partial charge in [0.05, 0.1) is 13.1 Å². The van der Waals surface area contributed by atoms with Crippen LogP contribution in [0.15, 0.2) is 0 Å². The average molecular weight is 159 g/mol. The van der Waals surface area contributed by atoms with E-state index in [2.05, 4.69) is 0 Å². The highest BCUT2D eigenvalue weighted by Gasteiger charge is 2.21. The van der Waals surface area contributed by atoms with Crippen molar-refractivity contribution < 1.29 is 9.75 Å². The standard InChI is InChI=1S/C8H17NO2/c1-8(10)7-9(11)5-3-2-4-6-9/h8,10H,2-7H2,1H3. The van der Waals surface area contributed by atoms with Crippen LogP contribution in [0, 0.1) is 5.21 Å². The zero-order valence-corrected chi connectivity index (χ0v) is 7.12. The molecule has 11 heavy (non-hydrogen) atoms. The van der Waals surface area contributed by atoms with Crippen LogP contribution in [0.25, 0.3) is 0 Å². The Kier molecular flexibility index (Phi) is 2.87. The van der Waals surface area contributed by atoms with Crippen LogP contribution in [-0.2, 0) is 0 Å². The SMILES string of the molecule is CC(O)C[N+]1([O-])CCCCC1. The van der Waals surface area contributed by atoms with Gasteiger partial charge in [-0.2, -0.15) is 0 Å². The molecule has 1 heterocycles. The van der Waals surface area contributed by atoms with Crippen LogP contribution in [0.2, 0.25) is 0 Å². The Balaban J connectivity index is 2.37. The van der Waals surface area contributed by atoms with Crippen LogP contribution >= 0.6 is 0 Å². The smallest absolute Gasteiger partial charge is 0.104 e. The van der Waals surface area contributed by atoms with E-state index in [0.717, 1.165) is 12.8 Å². The fourth-order valence-electron chi connectivity index (χ4n) is 1.75. The third kappa shape index (κ3) is 2.77. The number of likely N-dealkylation sites (tertiary alicyclic amines) is 1. The van der Waals surface area contributed by atoms with E-state index in [1.165, 1.54) is 6.42 Å². The van der Waals surface area contributed by atoms with Crippen molar-refractivity contribution in [3.8, 4) is 0 Å². The molecule has 0 aliphatic carbocycles. The molecule has 1 saturated heterocycles. The largest absolute Gasteiger partial charge is 0.633 e. The van der Waals surface area contributed by atoms with Crippen molar-refractivity contribution in [2.75, 3.05) is 19.6 Å². The molecule has 0 aromatic rings. The van der Waals surface area contributed by atoms with Gasteiger partial charge >= 0.3 is 0 Å². The van der Waals surface area contributed by atoms with Gasteiger partial charge in [0.15, 0.2) is 0 Å². The van der Waals surface area contributed by atoms with Gasteiger partial charge in [-0.3, -0.25) is 0 Å². The number of nitrogens with zero attached hydrogens (tertiary/aromatic N) is 1. The highest BCUT2D eigenvalue weighted by molar-refractivity contribution is 4.56. The first kappa shape index (κ1) is 8.97. The first-order valence-electron chi connectivity index (χ1n) is 4.38. The summed E-state index contributed by atoms with van der Waals surface area (Å²) in [5, 5.41) is 20.8. The van der Waals surface area contributed by atoms with Crippen LogP contribution in [-0.4, -0.2) is 35.5 Å². The Morgan fingerprint density at radius 2 is 1.91 bits per heavy atom. The van der Waals surface area contributed by atoms with E-state index < -0.39 is 6.10 Å². The quantitative estimate of drug-likeness (QED) is 0.480. The van der Waals surface area contributed by atoms with Gasteiger partial charge in [0.1, 0.15) is 12.6 Å². The molecule has 0 saturated carbocycles. The number of rotatable bonds is 2. The van der Waals surface area contributed by atoms with Crippen molar-refractivity contribution in [1.82, 2.24) is 0 Å². The monoisotopic (exact) mass is 159 g/mol. The molecule has 1 N–H and O–H groups in total. The van der Waals surface area contributed by atoms with Crippen molar-refractivity contribution in [1.29, 1.82) is 0 Å². The van der Waals surface area contributed by atoms with E-state index >= 15 is 0 Å². The van der Waals surface area contributed by atoms with Crippen molar-refractivity contribution in [2.24, 2.45) is 0 Å². The maximum atomic E-state index is 11.7. The first-order chi connectivity index (χ1) is 5.12. The number of quaternary nitrogens is 1. The summed E-state index contributed by atoms with van der Waals surface area (Å²) >= 11 is 0. The number of hydroxylamine groups is 3. The molecular formula is C8H17NO2. The van der Waals surface area contributed by atoms with Crippen LogP contribution in [0.1, 0.15) is 26.2 Å². The fourth-order valence-corrected chi connectivity index (χ4v) is 1.75. The average Bonchev–Trinajstić information content (AvgIpc) is 1.85. The summed E-state index contributed by atoms with van der Waals surface area (Å²) in [6.07, 6.45) is 2.78. The van der Waals surface area contributed by atoms with Gasteiger partial charge in [-0.05, 0) is 26.2 Å². The number of aliphatic hydroxyl groups excluding tert-OH is 1. The molecule has 0 spiro atoms. The van der Waals surface area contributed by atoms with E-state index in [9.17, 15) is 5.21 Å². The van der Waals surface area contributed by atoms with Crippen LogP contribution < -0.4 is 0 Å². The summed E-state index contributed by atoms with van der Waals surface area (Å²) in [5.41, 5.74) is 0. The molecule has 1 aliphatic rings. The molecule has 0 aromatic carbocycles. The Bertz CT molecular complexity index is 119. The number of aliphatic hydroxyl groups is 1. The molecule has 0 radical (unpaired) electrons. The van der Waals surface area contributed by atoms with Crippen molar-refractivity contribution >= 4 is 0 Å². The van der Waals surface area contributed by atoms with Gasteiger partial charge in [0.25, 0.3) is 0 Å². The molecule has 0 amide bonds. The van der Waals surface area contributed by atoms with Gasteiger partial charge in [-0.1, -0.05) is 0 Å². The van der Waals surface area contributed by atoms with Gasteiger partial charge in [0, 0.05) is 0 Å². The predicted octanol–water partition coefficient (Wildman–Crippen LogP) is 0.866. The molecule has 1 fully saturated rings. The summed E-state index contributed by atoms with van der Waals surface area (Å²) in [6.45, 7) is 3.46. The minimum atomic E-state index is -0.453. The predicted molar refractivity (Wildman–Crippen MR) is 43.8 cm³/mol. The number of hydrogen-bond acceptors (Lipinski definition) is 2. The molecule has 1 rings (SSSR count). The second-order valence-corrected chi connectivity index (χ2v) is 3.60. The lowest BCUT2D eigenvalue weighted by Gasteiger charge is -2.46. The third-order valence-corrected chi connectivity index (χ3v) is 2.23. The summed E-state index contributed by atoms with van der Waals surface area (Å²) in [4.78, 5) is 0. The molecule has 1 aliphatic heterocycles. The van der Waals surface area contributed by atoms with Gasteiger partial charge in [-0.15, -0.1) is 0 Å². The highest BCUT2D eigenvalue weighted by Crippen LogP contribution is 2.17. The molecule has 3 nitrogen and oxygen atoms in total. The van der Waals surface area contributed by atoms with Crippen molar-refractivity contribution in [3.05, 3.63) is 5.21 Å². The second-order valence-electron chi connectivity index (χ2n) is 3.60. The molecule has 1 atom stereocenters. The minimum Gasteiger partial charge on any atom is -0.633 e. The molecule has 3 heteroatoms. The van der Waals surface area contributed by atoms with Gasteiger partial charge in [-0.25, -0.2) is 0 Å². The summed E-state index contributed by atoms with van der Waals surface area (Å²) < 4.78 is -0.169. The Labute approximate surface area is 67.8 Å². The van der Waals surface area contributed by atoms with E-state index in [1.54, 1.807) is 6.92 Å². The maximum absolute atomic E-state index is 11.7. The molecular weight excluding hydrogens is 142 g/mol. The van der Waals surface area contributed by atoms with E-state index in [4.69, 9.17) is 5.11 Å². The number of hydrogen-bond donors (Lipinski definition) is 1. The molecule has 1 unspecified atom stereocenters. The van der Waals surface area contributed by atoms with Gasteiger partial charge < -0.3 is 15.0 Å². The van der Waals surface area contributed by atoms with Crippen LogP contribution in [0.3, 0.4) is 0 Å². The summed E-state index contributed by atoms with van der Waals surface area (Å²) in [6, 6.07) is 0. The van der Waals surface area contributed by atoms with Crippen molar-refractivity contribution in [2.45, 2.75) is 32.3 Å². The minimum absolute atomic E-state index is 0.169. The molecule has 66 valence electrons. The van der Waals surface area contributed by atoms with Crippen LogP contribution in [0.5, 0.6) is 0 Å². The lowest BCUT2D eigenvalue weighted by molar-refractivity contribution is -0.888. The summed E-state index contributed by atoms with van der Waals surface area (Å²) in [5.74, 6) is 0. The first-order valence-corrected chi connectivity index (χ1v) is 4.38. The second kappa shape index (κ2) is 3.52. The Morgan fingerprint density at radius 1 is 1.36 bits per heavy atom. The summed E-state index contributed by atoms with van der Waals surface area (Å²) in [7, 11) is 0. The zero-order chi connectivity index (χ0) is 8.32. The van der Waals surface area contributed by atoms with E-state index in [-0.39, 0.29) is 4.65 Å². The maximum Gasteiger partial charge on any atom is 0.104 e. The third-order valence-electron chi connectivity index (χ3n) is 2.23. The van der Waals surface area contributed by atoms with Crippen molar-refractivity contribution in [3.63, 3.8) is 0 Å². The van der Waals surface area contributed by atoms with E-state index in [0.29, 0.717) is 19.6 Å². The van der Waals surface area contributed by atoms with Crippen LogP contribution in [0.4, 0.5) is 0 Å². The lowest BCUT2D eigenvalue weighted by Crippen LogP contribution is -2.49. The topological polar surface area (TPSA) is 43.3 Å². The molecule has 0 aromatic heterocycles. The van der Waals surface area contributed by atoms with Gasteiger partial charge in [0.2, 0.25) is 0 Å². The zero-order valence-electron chi connectivity index (χ0n) is 7.12.